The van der Waals surface area contributed by atoms with Crippen LogP contribution in [0, 0.1) is 12.8 Å². The molecule has 4 rings (SSSR count). The van der Waals surface area contributed by atoms with E-state index in [0.29, 0.717) is 6.54 Å². The minimum absolute atomic E-state index is 0.0686. The fraction of sp³-hybridized carbons (Fsp3) is 0.375. The van der Waals surface area contributed by atoms with Crippen molar-refractivity contribution in [2.24, 2.45) is 11.7 Å². The number of hydrogen-bond acceptors (Lipinski definition) is 4. The highest BCUT2D eigenvalue weighted by molar-refractivity contribution is 5.80. The average molecular weight is 406 g/mol. The number of nitrogens with one attached hydrogen (secondary N) is 3. The number of nitrogens with zero attached hydrogens (tertiary/aromatic N) is 1. The van der Waals surface area contributed by atoms with Crippen molar-refractivity contribution in [2.75, 3.05) is 25.0 Å². The molecule has 2 heterocycles. The summed E-state index contributed by atoms with van der Waals surface area (Å²) >= 11 is 0. The van der Waals surface area contributed by atoms with Crippen LogP contribution >= 0.6 is 0 Å². The zero-order valence-corrected chi connectivity index (χ0v) is 17.5. The molecule has 0 saturated carbocycles. The minimum atomic E-state index is -0.307. The van der Waals surface area contributed by atoms with Gasteiger partial charge in [0.25, 0.3) is 0 Å². The molecule has 1 amide bonds. The van der Waals surface area contributed by atoms with E-state index in [-0.39, 0.29) is 18.0 Å². The predicted octanol–water partition coefficient (Wildman–Crippen LogP) is 3.20. The number of hydrogen-bond donors (Lipinski definition) is 4. The van der Waals surface area contributed by atoms with Crippen LogP contribution in [0.2, 0.25) is 0 Å². The maximum absolute atomic E-state index is 12.6. The topological polar surface area (TPSA) is 86.2 Å². The number of fused-ring (bicyclic) bond motifs is 1. The van der Waals surface area contributed by atoms with Gasteiger partial charge in [0, 0.05) is 29.9 Å². The lowest BCUT2D eigenvalue weighted by Gasteiger charge is -2.31. The van der Waals surface area contributed by atoms with E-state index < -0.39 is 0 Å². The molecule has 6 heteroatoms. The second-order valence-corrected chi connectivity index (χ2v) is 8.26. The molecular formula is C24H31N5O. The number of H-pyrrole nitrogens is 1. The molecule has 1 unspecified atom stereocenters. The van der Waals surface area contributed by atoms with Crippen molar-refractivity contribution >= 4 is 22.5 Å². The van der Waals surface area contributed by atoms with Gasteiger partial charge in [0.15, 0.2) is 0 Å². The Balaban J connectivity index is 1.20. The van der Waals surface area contributed by atoms with Gasteiger partial charge in [-0.15, -0.1) is 0 Å². The fourth-order valence-corrected chi connectivity index (χ4v) is 4.15. The number of benzene rings is 2. The van der Waals surface area contributed by atoms with Crippen molar-refractivity contribution in [3.8, 4) is 0 Å². The molecule has 6 nitrogen and oxygen atoms in total. The molecule has 0 spiro atoms. The molecular weight excluding hydrogens is 374 g/mol. The first kappa shape index (κ1) is 20.4. The lowest BCUT2D eigenvalue weighted by Crippen LogP contribution is -2.46. The van der Waals surface area contributed by atoms with E-state index in [2.05, 4.69) is 44.8 Å². The molecule has 1 fully saturated rings. The summed E-state index contributed by atoms with van der Waals surface area (Å²) in [5.41, 5.74) is 10.8. The number of nitrogens with two attached hydrogens (primary N) is 1. The number of para-hydroxylation sites is 1. The van der Waals surface area contributed by atoms with E-state index in [4.69, 9.17) is 5.73 Å². The van der Waals surface area contributed by atoms with E-state index in [1.807, 2.05) is 37.4 Å². The minimum Gasteiger partial charge on any atom is -0.368 e. The Morgan fingerprint density at radius 2 is 2.00 bits per heavy atom. The molecule has 1 aliphatic rings. The van der Waals surface area contributed by atoms with Gasteiger partial charge >= 0.3 is 0 Å². The van der Waals surface area contributed by atoms with Crippen LogP contribution in [-0.2, 0) is 11.3 Å². The summed E-state index contributed by atoms with van der Waals surface area (Å²) in [6, 6.07) is 16.7. The highest BCUT2D eigenvalue weighted by atomic mass is 16.1. The van der Waals surface area contributed by atoms with Gasteiger partial charge in [-0.2, -0.15) is 0 Å². The standard InChI is InChI=1S/C24H31N5O/c1-17-4-2-3-5-21(17)28-23(25)15-27-24(30)19-9-12-29(13-10-19)16-18-6-7-22-20(14-18)8-11-26-22/h2-8,11,14,19,23,26,28H,9-10,12-13,15-16,25H2,1H3,(H,27,30). The summed E-state index contributed by atoms with van der Waals surface area (Å²) < 4.78 is 0. The van der Waals surface area contributed by atoms with Crippen molar-refractivity contribution in [1.29, 1.82) is 0 Å². The largest absolute Gasteiger partial charge is 0.368 e. The summed E-state index contributed by atoms with van der Waals surface area (Å²) in [5, 5.41) is 7.54. The fourth-order valence-electron chi connectivity index (χ4n) is 4.15. The number of aromatic amines is 1. The van der Waals surface area contributed by atoms with E-state index >= 15 is 0 Å². The smallest absolute Gasteiger partial charge is 0.223 e. The Hall–Kier alpha value is -2.83. The van der Waals surface area contributed by atoms with Crippen LogP contribution in [0.5, 0.6) is 0 Å². The van der Waals surface area contributed by atoms with E-state index in [9.17, 15) is 4.79 Å². The number of likely N-dealkylation sites (tertiary alicyclic amines) is 1. The first-order chi connectivity index (χ1) is 14.6. The van der Waals surface area contributed by atoms with E-state index in [1.165, 1.54) is 16.5 Å². The monoisotopic (exact) mass is 405 g/mol. The van der Waals surface area contributed by atoms with Crippen LogP contribution in [-0.4, -0.2) is 41.6 Å². The molecule has 1 aliphatic heterocycles. The first-order valence-electron chi connectivity index (χ1n) is 10.7. The molecule has 0 radical (unpaired) electrons. The molecule has 3 aromatic rings. The van der Waals surface area contributed by atoms with Crippen LogP contribution in [0.4, 0.5) is 5.69 Å². The number of anilines is 1. The van der Waals surface area contributed by atoms with E-state index in [1.54, 1.807) is 0 Å². The van der Waals surface area contributed by atoms with Crippen LogP contribution in [0.15, 0.2) is 54.7 Å². The Morgan fingerprint density at radius 3 is 2.80 bits per heavy atom. The number of piperidine rings is 1. The summed E-state index contributed by atoms with van der Waals surface area (Å²) in [6.45, 7) is 5.27. The van der Waals surface area contributed by atoms with Gasteiger partial charge in [-0.1, -0.05) is 24.3 Å². The van der Waals surface area contributed by atoms with Crippen LogP contribution in [0.25, 0.3) is 10.9 Å². The van der Waals surface area contributed by atoms with Gasteiger partial charge in [0.2, 0.25) is 5.91 Å². The highest BCUT2D eigenvalue weighted by Crippen LogP contribution is 2.21. The number of carbonyl (C=O) groups is 1. The number of rotatable bonds is 7. The van der Waals surface area contributed by atoms with E-state index in [0.717, 1.165) is 43.7 Å². The average Bonchev–Trinajstić information content (AvgIpc) is 3.22. The van der Waals surface area contributed by atoms with Crippen molar-refractivity contribution in [1.82, 2.24) is 15.2 Å². The zero-order valence-electron chi connectivity index (χ0n) is 17.5. The Morgan fingerprint density at radius 1 is 1.20 bits per heavy atom. The molecule has 30 heavy (non-hydrogen) atoms. The second kappa shape index (κ2) is 9.32. The predicted molar refractivity (Wildman–Crippen MR) is 122 cm³/mol. The Labute approximate surface area is 177 Å². The van der Waals surface area contributed by atoms with Crippen LogP contribution < -0.4 is 16.4 Å². The maximum atomic E-state index is 12.6. The van der Waals surface area contributed by atoms with Crippen LogP contribution in [0.3, 0.4) is 0 Å². The summed E-state index contributed by atoms with van der Waals surface area (Å²) in [7, 11) is 0. The molecule has 2 aromatic carbocycles. The molecule has 0 aliphatic carbocycles. The third kappa shape index (κ3) is 5.01. The summed E-state index contributed by atoms with van der Waals surface area (Å²) in [4.78, 5) is 18.3. The summed E-state index contributed by atoms with van der Waals surface area (Å²) in [5.74, 6) is 0.185. The second-order valence-electron chi connectivity index (χ2n) is 8.26. The quantitative estimate of drug-likeness (QED) is 0.455. The van der Waals surface area contributed by atoms with Gasteiger partial charge in [-0.25, -0.2) is 0 Å². The first-order valence-corrected chi connectivity index (χ1v) is 10.7. The summed E-state index contributed by atoms with van der Waals surface area (Å²) in [6.07, 6.45) is 3.44. The normalized spacial score (nSPS) is 16.5. The highest BCUT2D eigenvalue weighted by Gasteiger charge is 2.25. The molecule has 158 valence electrons. The molecule has 1 atom stereocenters. The SMILES string of the molecule is Cc1ccccc1NC(N)CNC(=O)C1CCN(Cc2ccc3[nH]ccc3c2)CC1. The number of aromatic nitrogens is 1. The van der Waals surface area contributed by atoms with Crippen LogP contribution in [0.1, 0.15) is 24.0 Å². The van der Waals surface area contributed by atoms with Gasteiger partial charge in [0.05, 0.1) is 12.7 Å². The lowest BCUT2D eigenvalue weighted by atomic mass is 9.95. The zero-order chi connectivity index (χ0) is 20.9. The Bertz CT molecular complexity index is 990. The van der Waals surface area contributed by atoms with Crippen molar-refractivity contribution in [3.05, 3.63) is 65.9 Å². The molecule has 0 bridgehead atoms. The van der Waals surface area contributed by atoms with Crippen molar-refractivity contribution in [2.45, 2.75) is 32.5 Å². The van der Waals surface area contributed by atoms with Gasteiger partial charge in [-0.05, 0) is 73.6 Å². The third-order valence-electron chi connectivity index (χ3n) is 5.96. The number of amides is 1. The number of carbonyl (C=O) groups excluding carboxylic acids is 1. The molecule has 1 saturated heterocycles. The van der Waals surface area contributed by atoms with Crippen molar-refractivity contribution < 1.29 is 4.79 Å². The lowest BCUT2D eigenvalue weighted by molar-refractivity contribution is -0.126. The molecule has 5 N–H and O–H groups in total. The van der Waals surface area contributed by atoms with Crippen molar-refractivity contribution in [3.63, 3.8) is 0 Å². The Kier molecular flexibility index (Phi) is 6.35. The molecule has 1 aromatic heterocycles. The van der Waals surface area contributed by atoms with Gasteiger partial charge in [0.1, 0.15) is 0 Å². The van der Waals surface area contributed by atoms with Gasteiger partial charge < -0.3 is 21.4 Å². The maximum Gasteiger partial charge on any atom is 0.223 e. The van der Waals surface area contributed by atoms with Gasteiger partial charge in [-0.3, -0.25) is 9.69 Å². The number of aryl methyl sites for hydroxylation is 1. The third-order valence-corrected chi connectivity index (χ3v) is 5.96.